The maximum atomic E-state index is 14.8. The zero-order chi connectivity index (χ0) is 23.9. The predicted molar refractivity (Wildman–Crippen MR) is 94.4 cm³/mol. The number of aromatic nitrogens is 2. The molecule has 1 amide bonds. The van der Waals surface area contributed by atoms with Gasteiger partial charge >= 0.3 is 6.18 Å². The first kappa shape index (κ1) is 24.6. The SMILES string of the molecule is Cn1cc(S(=O)(=O)CC(C)(C)C(F)(F)F)c(F)c1C(=O)Nc1ccnc(C(F)F)c1F. The summed E-state index contributed by atoms with van der Waals surface area (Å²) in [6, 6.07) is 0.809. The van der Waals surface area contributed by atoms with Gasteiger partial charge in [-0.05, 0) is 6.07 Å². The number of aryl methyl sites for hydroxylation is 1. The Morgan fingerprint density at radius 2 is 1.77 bits per heavy atom. The van der Waals surface area contributed by atoms with Gasteiger partial charge in [0.1, 0.15) is 16.3 Å². The number of carbonyl (C=O) groups excluding carboxylic acids is 1. The fraction of sp³-hybridized carbons (Fsp3) is 0.412. The number of alkyl halides is 5. The molecule has 0 saturated carbocycles. The molecule has 0 aliphatic rings. The maximum Gasteiger partial charge on any atom is 0.394 e. The van der Waals surface area contributed by atoms with E-state index in [2.05, 4.69) is 4.98 Å². The zero-order valence-electron chi connectivity index (χ0n) is 16.2. The molecule has 0 fully saturated rings. The molecule has 0 atom stereocenters. The summed E-state index contributed by atoms with van der Waals surface area (Å²) in [5.74, 6) is -6.16. The minimum Gasteiger partial charge on any atom is -0.343 e. The van der Waals surface area contributed by atoms with Crippen LogP contribution in [0.15, 0.2) is 23.4 Å². The van der Waals surface area contributed by atoms with Crippen molar-refractivity contribution in [1.29, 1.82) is 0 Å². The monoisotopic (exact) mass is 475 g/mol. The molecular formula is C17H16F7N3O3S. The van der Waals surface area contributed by atoms with Gasteiger partial charge in [-0.25, -0.2) is 26.0 Å². The van der Waals surface area contributed by atoms with Gasteiger partial charge in [0, 0.05) is 19.4 Å². The highest BCUT2D eigenvalue weighted by atomic mass is 32.2. The van der Waals surface area contributed by atoms with E-state index in [1.54, 1.807) is 0 Å². The summed E-state index contributed by atoms with van der Waals surface area (Å²) in [4.78, 5) is 14.3. The molecule has 2 aromatic heterocycles. The number of nitrogens with zero attached hydrogens (tertiary/aromatic N) is 2. The van der Waals surface area contributed by atoms with Crippen LogP contribution in [0.25, 0.3) is 0 Å². The van der Waals surface area contributed by atoms with E-state index in [4.69, 9.17) is 0 Å². The van der Waals surface area contributed by atoms with Gasteiger partial charge in [-0.1, -0.05) is 13.8 Å². The van der Waals surface area contributed by atoms with Crippen LogP contribution in [0.4, 0.5) is 36.4 Å². The standard InChI is InChI=1S/C17H16F7N3O3S/c1-16(2,17(22,23)24)7-31(29,30)9-6-27(3)13(11(9)19)15(28)26-8-4-5-25-12(10(8)18)14(20)21/h4-6,14H,7H2,1-3H3,(H,25,26,28). The molecule has 14 heteroatoms. The molecule has 0 spiro atoms. The third-order valence-electron chi connectivity index (χ3n) is 4.33. The lowest BCUT2D eigenvalue weighted by Gasteiger charge is -2.27. The van der Waals surface area contributed by atoms with Crippen molar-refractivity contribution in [1.82, 2.24) is 9.55 Å². The van der Waals surface area contributed by atoms with Crippen molar-refractivity contribution in [3.63, 3.8) is 0 Å². The van der Waals surface area contributed by atoms with Gasteiger partial charge in [0.25, 0.3) is 12.3 Å². The Morgan fingerprint density at radius 1 is 1.19 bits per heavy atom. The van der Waals surface area contributed by atoms with Gasteiger partial charge in [-0.2, -0.15) is 13.2 Å². The molecule has 1 N–H and O–H groups in total. The van der Waals surface area contributed by atoms with Crippen molar-refractivity contribution in [2.45, 2.75) is 31.3 Å². The first-order chi connectivity index (χ1) is 14.0. The zero-order valence-corrected chi connectivity index (χ0v) is 17.0. The van der Waals surface area contributed by atoms with E-state index in [-0.39, 0.29) is 0 Å². The molecule has 0 bridgehead atoms. The lowest BCUT2D eigenvalue weighted by Crippen LogP contribution is -2.38. The van der Waals surface area contributed by atoms with Crippen LogP contribution in [0, 0.1) is 17.0 Å². The molecule has 0 radical (unpaired) electrons. The maximum absolute atomic E-state index is 14.8. The van der Waals surface area contributed by atoms with Crippen molar-refractivity contribution in [3.05, 3.63) is 41.5 Å². The van der Waals surface area contributed by atoms with Crippen molar-refractivity contribution < 1.29 is 43.9 Å². The van der Waals surface area contributed by atoms with Crippen LogP contribution in [0.3, 0.4) is 0 Å². The average molecular weight is 475 g/mol. The molecular weight excluding hydrogens is 459 g/mol. The van der Waals surface area contributed by atoms with Crippen molar-refractivity contribution >= 4 is 21.4 Å². The quantitative estimate of drug-likeness (QED) is 0.634. The number of hydrogen-bond donors (Lipinski definition) is 1. The second kappa shape index (κ2) is 8.13. The van der Waals surface area contributed by atoms with Crippen molar-refractivity contribution in [2.24, 2.45) is 12.5 Å². The van der Waals surface area contributed by atoms with Gasteiger partial charge in [-0.15, -0.1) is 0 Å². The lowest BCUT2D eigenvalue weighted by molar-refractivity contribution is -0.203. The number of hydrogen-bond acceptors (Lipinski definition) is 4. The second-order valence-corrected chi connectivity index (χ2v) is 9.18. The van der Waals surface area contributed by atoms with Crippen LogP contribution < -0.4 is 5.32 Å². The van der Waals surface area contributed by atoms with E-state index in [0.29, 0.717) is 24.6 Å². The third-order valence-corrected chi connectivity index (χ3v) is 6.38. The molecule has 0 aromatic carbocycles. The van der Waals surface area contributed by atoms with E-state index in [1.807, 2.05) is 5.32 Å². The number of carbonyl (C=O) groups is 1. The van der Waals surface area contributed by atoms with E-state index >= 15 is 0 Å². The van der Waals surface area contributed by atoms with E-state index in [1.165, 1.54) is 0 Å². The Hall–Kier alpha value is -2.64. The molecule has 0 aliphatic heterocycles. The number of pyridine rings is 1. The summed E-state index contributed by atoms with van der Waals surface area (Å²) in [6.45, 7) is 1.23. The Morgan fingerprint density at radius 3 is 2.29 bits per heavy atom. The summed E-state index contributed by atoms with van der Waals surface area (Å²) >= 11 is 0. The summed E-state index contributed by atoms with van der Waals surface area (Å²) < 4.78 is 119. The molecule has 0 saturated heterocycles. The Kier molecular flexibility index (Phi) is 6.46. The molecule has 2 rings (SSSR count). The highest BCUT2D eigenvalue weighted by Gasteiger charge is 2.50. The van der Waals surface area contributed by atoms with Crippen molar-refractivity contribution in [3.8, 4) is 0 Å². The third kappa shape index (κ3) is 4.83. The van der Waals surface area contributed by atoms with Gasteiger partial charge in [-0.3, -0.25) is 9.78 Å². The van der Waals surface area contributed by atoms with Crippen LogP contribution in [-0.2, 0) is 16.9 Å². The van der Waals surface area contributed by atoms with Gasteiger partial charge in [0.05, 0.1) is 16.9 Å². The normalized spacial score (nSPS) is 13.0. The second-order valence-electron chi connectivity index (χ2n) is 7.22. The van der Waals surface area contributed by atoms with E-state index < -0.39 is 73.1 Å². The topological polar surface area (TPSA) is 81.1 Å². The molecule has 6 nitrogen and oxygen atoms in total. The molecule has 0 unspecified atom stereocenters. The first-order valence-corrected chi connectivity index (χ1v) is 10.0. The largest absolute Gasteiger partial charge is 0.394 e. The minimum atomic E-state index is -4.91. The van der Waals surface area contributed by atoms with Crippen molar-refractivity contribution in [2.75, 3.05) is 11.1 Å². The molecule has 31 heavy (non-hydrogen) atoms. The number of nitrogens with one attached hydrogen (secondary N) is 1. The molecule has 172 valence electrons. The number of rotatable bonds is 6. The van der Waals surface area contributed by atoms with E-state index in [9.17, 15) is 43.9 Å². The fourth-order valence-electron chi connectivity index (χ4n) is 2.57. The van der Waals surface area contributed by atoms with Gasteiger partial charge in [0.15, 0.2) is 21.5 Å². The number of halogens is 7. The summed E-state index contributed by atoms with van der Waals surface area (Å²) in [6.07, 6.45) is -6.86. The lowest BCUT2D eigenvalue weighted by atomic mass is 9.96. The highest BCUT2D eigenvalue weighted by Crippen LogP contribution is 2.40. The molecule has 0 aliphatic carbocycles. The van der Waals surface area contributed by atoms with Crippen LogP contribution in [-0.4, -0.2) is 35.8 Å². The van der Waals surface area contributed by atoms with Crippen LogP contribution in [0.5, 0.6) is 0 Å². The molecule has 2 heterocycles. The number of anilines is 1. The Balaban J connectivity index is 2.42. The fourth-order valence-corrected chi connectivity index (χ4v) is 4.53. The van der Waals surface area contributed by atoms with Crippen LogP contribution in [0.1, 0.15) is 36.5 Å². The summed E-state index contributed by atoms with van der Waals surface area (Å²) in [5, 5.41) is 1.82. The number of sulfone groups is 1. The van der Waals surface area contributed by atoms with Crippen LogP contribution in [0.2, 0.25) is 0 Å². The van der Waals surface area contributed by atoms with E-state index in [0.717, 1.165) is 19.3 Å². The van der Waals surface area contributed by atoms with Gasteiger partial charge in [0.2, 0.25) is 0 Å². The van der Waals surface area contributed by atoms with Crippen LogP contribution >= 0.6 is 0 Å². The summed E-state index contributed by atoms with van der Waals surface area (Å²) in [7, 11) is -3.82. The first-order valence-electron chi connectivity index (χ1n) is 8.38. The predicted octanol–water partition coefficient (Wildman–Crippen LogP) is 4.25. The minimum absolute atomic E-state index is 0.597. The number of amides is 1. The molecule has 2 aromatic rings. The smallest absolute Gasteiger partial charge is 0.343 e. The average Bonchev–Trinajstić information content (AvgIpc) is 2.90. The van der Waals surface area contributed by atoms with Gasteiger partial charge < -0.3 is 9.88 Å². The Labute approximate surface area is 172 Å². The highest BCUT2D eigenvalue weighted by molar-refractivity contribution is 7.91. The summed E-state index contributed by atoms with van der Waals surface area (Å²) in [5.41, 5.74) is -5.73. The Bertz CT molecular complexity index is 1110.